The number of benzene rings is 1. The van der Waals surface area contributed by atoms with Crippen LogP contribution in [0.4, 0.5) is 5.69 Å². The molecule has 1 amide bonds. The summed E-state index contributed by atoms with van der Waals surface area (Å²) >= 11 is 0. The number of halogens is 2. The van der Waals surface area contributed by atoms with Crippen molar-refractivity contribution in [3.63, 3.8) is 0 Å². The molecular weight excluding hydrogens is 313 g/mol. The summed E-state index contributed by atoms with van der Waals surface area (Å²) in [5.41, 5.74) is 1.47. The zero-order valence-electron chi connectivity index (χ0n) is 12.0. The van der Waals surface area contributed by atoms with E-state index in [4.69, 9.17) is 5.11 Å². The van der Waals surface area contributed by atoms with Gasteiger partial charge in [0.1, 0.15) is 12.1 Å². The number of carbonyl (C=O) groups excluding carboxylic acids is 1. The van der Waals surface area contributed by atoms with E-state index >= 15 is 0 Å². The fourth-order valence-corrected chi connectivity index (χ4v) is 2.23. The summed E-state index contributed by atoms with van der Waals surface area (Å²) in [5.74, 6) is 0.102. The van der Waals surface area contributed by atoms with Crippen LogP contribution in [0.15, 0.2) is 29.3 Å². The molecule has 1 aliphatic heterocycles. The lowest BCUT2D eigenvalue weighted by Gasteiger charge is -2.17. The topological polar surface area (TPSA) is 58.5 Å². The van der Waals surface area contributed by atoms with Gasteiger partial charge in [0, 0.05) is 6.42 Å². The van der Waals surface area contributed by atoms with Crippen molar-refractivity contribution in [1.82, 2.24) is 0 Å². The maximum Gasteiger partial charge on any atom is 0.352 e. The molecule has 0 saturated carbocycles. The Balaban J connectivity index is 0.00000200. The van der Waals surface area contributed by atoms with E-state index in [1.165, 1.54) is 4.90 Å². The molecule has 118 valence electrons. The highest BCUT2D eigenvalue weighted by atomic mass is 35.5. The van der Waals surface area contributed by atoms with E-state index in [-0.39, 0.29) is 37.3 Å². The number of rotatable bonds is 6. The molecule has 3 N–H and O–H groups in total. The van der Waals surface area contributed by atoms with Crippen LogP contribution in [0.25, 0.3) is 0 Å². The number of nitrogens with one attached hydrogen (secondary N) is 2. The summed E-state index contributed by atoms with van der Waals surface area (Å²) in [6.45, 7) is 2.66. The number of likely N-dealkylation sites (N-methyl/N-ethyl adjacent to an activating group) is 1. The second-order valence-electron chi connectivity index (χ2n) is 4.91. The summed E-state index contributed by atoms with van der Waals surface area (Å²) in [5, 5.41) is 8.83. The first-order valence-corrected chi connectivity index (χ1v) is 6.68. The molecule has 5 nitrogen and oxygen atoms in total. The van der Waals surface area contributed by atoms with Crippen molar-refractivity contribution >= 4 is 17.9 Å². The Hall–Kier alpha value is -0.980. The first-order chi connectivity index (χ1) is 9.22. The molecule has 0 bridgehead atoms. The number of quaternary nitrogens is 2. The quantitative estimate of drug-likeness (QED) is 0.484. The smallest absolute Gasteiger partial charge is 0.352 e. The average Bonchev–Trinajstić information content (AvgIpc) is 2.42. The molecule has 2 rings (SSSR count). The minimum absolute atomic E-state index is 0. The molecule has 0 radical (unpaired) electrons. The molecule has 1 aromatic rings. The second kappa shape index (κ2) is 9.87. The molecule has 0 aliphatic carbocycles. The zero-order chi connectivity index (χ0) is 13.7. The average molecular weight is 334 g/mol. The maximum absolute atomic E-state index is 12.2. The lowest BCUT2D eigenvalue weighted by atomic mass is 10.1. The number of hydrogen-bond acceptors (Lipinski definition) is 3. The third-order valence-electron chi connectivity index (χ3n) is 3.39. The van der Waals surface area contributed by atoms with Crippen molar-refractivity contribution in [1.29, 1.82) is 0 Å². The van der Waals surface area contributed by atoms with Crippen molar-refractivity contribution in [2.75, 3.05) is 33.3 Å². The van der Waals surface area contributed by atoms with Crippen molar-refractivity contribution in [3.8, 4) is 0 Å². The predicted molar refractivity (Wildman–Crippen MR) is 73.1 cm³/mol. The van der Waals surface area contributed by atoms with E-state index in [1.807, 2.05) is 31.3 Å². The van der Waals surface area contributed by atoms with Crippen LogP contribution in [0.1, 0.15) is 16.8 Å². The number of fused-ring (bicyclic) bond motifs is 1. The van der Waals surface area contributed by atoms with Gasteiger partial charge >= 0.3 is 5.91 Å². The summed E-state index contributed by atoms with van der Waals surface area (Å²) in [7, 11) is 2.05. The lowest BCUT2D eigenvalue weighted by molar-refractivity contribution is -0.882. The molecule has 0 saturated heterocycles. The molecular formula is C14H21Cl2N3O2. The van der Waals surface area contributed by atoms with Gasteiger partial charge in [0.05, 0.1) is 32.4 Å². The Bertz CT molecular complexity index is 483. The first kappa shape index (κ1) is 20.0. The van der Waals surface area contributed by atoms with Gasteiger partial charge < -0.3 is 34.8 Å². The van der Waals surface area contributed by atoms with Gasteiger partial charge in [-0.1, -0.05) is 12.1 Å². The highest BCUT2D eigenvalue weighted by Gasteiger charge is 2.26. The maximum atomic E-state index is 12.2. The van der Waals surface area contributed by atoms with Crippen molar-refractivity contribution in [3.05, 3.63) is 29.8 Å². The number of nitrogens with zero attached hydrogens (tertiary/aromatic N) is 1. The van der Waals surface area contributed by atoms with Gasteiger partial charge in [-0.2, -0.15) is 0 Å². The van der Waals surface area contributed by atoms with Crippen LogP contribution in [0.5, 0.6) is 0 Å². The van der Waals surface area contributed by atoms with E-state index in [2.05, 4.69) is 4.99 Å². The lowest BCUT2D eigenvalue weighted by Crippen LogP contribution is -3.15. The van der Waals surface area contributed by atoms with Crippen molar-refractivity contribution in [2.45, 2.75) is 6.42 Å². The Morgan fingerprint density at radius 3 is 2.67 bits per heavy atom. The van der Waals surface area contributed by atoms with E-state index in [1.54, 1.807) is 6.34 Å². The molecule has 0 fully saturated rings. The first-order valence-electron chi connectivity index (χ1n) is 6.68. The normalized spacial score (nSPS) is 17.4. The minimum atomic E-state index is 0. The second-order valence-corrected chi connectivity index (χ2v) is 4.91. The summed E-state index contributed by atoms with van der Waals surface area (Å²) in [6, 6.07) is 7.45. The van der Waals surface area contributed by atoms with Gasteiger partial charge in [0.15, 0.2) is 6.34 Å². The largest absolute Gasteiger partial charge is 1.00 e. The highest BCUT2D eigenvalue weighted by Crippen LogP contribution is 2.18. The Kier molecular flexibility index (Phi) is 9.41. The highest BCUT2D eigenvalue weighted by molar-refractivity contribution is 5.98. The van der Waals surface area contributed by atoms with E-state index in [9.17, 15) is 4.79 Å². The van der Waals surface area contributed by atoms with Gasteiger partial charge in [-0.3, -0.25) is 0 Å². The van der Waals surface area contributed by atoms with Gasteiger partial charge in [0.2, 0.25) is 0 Å². The molecule has 21 heavy (non-hydrogen) atoms. The molecule has 0 aromatic heterocycles. The molecule has 2 atom stereocenters. The van der Waals surface area contributed by atoms with Crippen LogP contribution in [-0.2, 0) is 0 Å². The van der Waals surface area contributed by atoms with Gasteiger partial charge in [-0.05, 0) is 12.1 Å². The van der Waals surface area contributed by atoms with Crippen LogP contribution >= 0.6 is 0 Å². The van der Waals surface area contributed by atoms with Gasteiger partial charge in [-0.25, -0.2) is 14.7 Å². The number of para-hydroxylation sites is 1. The van der Waals surface area contributed by atoms with Crippen LogP contribution < -0.4 is 34.6 Å². The molecule has 1 aliphatic rings. The molecule has 2 unspecified atom stereocenters. The van der Waals surface area contributed by atoms with E-state index in [0.29, 0.717) is 5.56 Å². The third-order valence-corrected chi connectivity index (χ3v) is 3.39. The monoisotopic (exact) mass is 333 g/mol. The Morgan fingerprint density at radius 2 is 1.95 bits per heavy atom. The standard InChI is InChI=1S/C14H19N3O2.2ClH/c1-16(9-10-18)7-4-8-17-11-15-13-6-3-2-5-12(13)14(17)19;;/h2-3,5-6,11,18H,4,7-10H2,1H3;2*1H. The van der Waals surface area contributed by atoms with E-state index in [0.717, 1.165) is 36.6 Å². The molecule has 0 spiro atoms. The Morgan fingerprint density at radius 1 is 1.24 bits per heavy atom. The predicted octanol–water partition coefficient (Wildman–Crippen LogP) is -7.71. The van der Waals surface area contributed by atoms with Crippen LogP contribution in [-0.4, -0.2) is 50.6 Å². The number of aliphatic hydroxyl groups excluding tert-OH is 1. The molecule has 1 heterocycles. The fraction of sp³-hybridized carbons (Fsp3) is 0.429. The van der Waals surface area contributed by atoms with E-state index < -0.39 is 0 Å². The minimum Gasteiger partial charge on any atom is -1.00 e. The van der Waals surface area contributed by atoms with Gasteiger partial charge in [-0.15, -0.1) is 0 Å². The number of hydrogen-bond donors (Lipinski definition) is 3. The number of carbonyl (C=O) groups is 1. The van der Waals surface area contributed by atoms with Crippen molar-refractivity contribution < 1.29 is 44.5 Å². The zero-order valence-corrected chi connectivity index (χ0v) is 13.5. The van der Waals surface area contributed by atoms with Gasteiger partial charge in [0.25, 0.3) is 0 Å². The fourth-order valence-electron chi connectivity index (χ4n) is 2.23. The summed E-state index contributed by atoms with van der Waals surface area (Å²) in [6.07, 6.45) is 2.63. The van der Waals surface area contributed by atoms with Crippen LogP contribution in [0.2, 0.25) is 0 Å². The SMILES string of the molecule is C[NH+](CCO)CCC[NH+]1C=Nc2ccccc2C1=O.[Cl-].[Cl-]. The number of aliphatic imine (C=N–C) groups is 1. The van der Waals surface area contributed by atoms with Crippen LogP contribution in [0, 0.1) is 0 Å². The molecule has 7 heteroatoms. The van der Waals surface area contributed by atoms with Crippen LogP contribution in [0.3, 0.4) is 0 Å². The van der Waals surface area contributed by atoms with Crippen molar-refractivity contribution in [2.24, 2.45) is 4.99 Å². The number of amides is 1. The Labute approximate surface area is 137 Å². The molecule has 1 aromatic carbocycles. The summed E-state index contributed by atoms with van der Waals surface area (Å²) < 4.78 is 0. The third kappa shape index (κ3) is 5.37. The number of aliphatic hydroxyl groups is 1. The summed E-state index contributed by atoms with van der Waals surface area (Å²) in [4.78, 5) is 18.6.